The van der Waals surface area contributed by atoms with Gasteiger partial charge in [0.1, 0.15) is 0 Å². The van der Waals surface area contributed by atoms with Gasteiger partial charge >= 0.3 is 0 Å². The minimum absolute atomic E-state index is 0.135. The van der Waals surface area contributed by atoms with Crippen molar-refractivity contribution in [3.05, 3.63) is 34.3 Å². The van der Waals surface area contributed by atoms with E-state index in [4.69, 9.17) is 0 Å². The van der Waals surface area contributed by atoms with Crippen molar-refractivity contribution in [2.45, 2.75) is 32.4 Å². The molecule has 0 spiro atoms. The van der Waals surface area contributed by atoms with Crippen molar-refractivity contribution in [3.63, 3.8) is 0 Å². The SMILES string of the molecule is CCS(=O)(=O)CCNC(=NC)NC1CCN(Cc2ccc(Br)cc2)CC1. The lowest BCUT2D eigenvalue weighted by Gasteiger charge is -2.33. The van der Waals surface area contributed by atoms with Crippen molar-refractivity contribution in [2.24, 2.45) is 4.99 Å². The standard InChI is InChI=1S/C18H29BrN4O2S/c1-3-26(24,25)13-10-21-18(20-2)22-17-8-11-23(12-9-17)14-15-4-6-16(19)7-5-15/h4-7,17H,3,8-14H2,1-2H3,(H2,20,21,22). The number of rotatable bonds is 7. The number of nitrogens with zero attached hydrogens (tertiary/aromatic N) is 2. The number of nitrogens with one attached hydrogen (secondary N) is 2. The third kappa shape index (κ3) is 7.25. The first kappa shape index (κ1) is 21.2. The molecular formula is C18H29BrN4O2S. The molecule has 0 atom stereocenters. The van der Waals surface area contributed by atoms with E-state index in [2.05, 4.69) is 60.7 Å². The third-order valence-corrected chi connectivity index (χ3v) is 6.85. The molecule has 0 amide bonds. The topological polar surface area (TPSA) is 73.8 Å². The molecule has 1 aliphatic heterocycles. The van der Waals surface area contributed by atoms with Crippen molar-refractivity contribution in [1.29, 1.82) is 0 Å². The smallest absolute Gasteiger partial charge is 0.191 e. The maximum absolute atomic E-state index is 11.6. The highest BCUT2D eigenvalue weighted by Gasteiger charge is 2.20. The van der Waals surface area contributed by atoms with Gasteiger partial charge in [-0.1, -0.05) is 35.0 Å². The molecular weight excluding hydrogens is 416 g/mol. The lowest BCUT2D eigenvalue weighted by Crippen LogP contribution is -2.49. The maximum atomic E-state index is 11.6. The molecule has 6 nitrogen and oxygen atoms in total. The summed E-state index contributed by atoms with van der Waals surface area (Å²) in [7, 11) is -1.24. The van der Waals surface area contributed by atoms with E-state index in [1.54, 1.807) is 14.0 Å². The Labute approximate surface area is 165 Å². The Balaban J connectivity index is 1.72. The Kier molecular flexibility index (Phi) is 8.37. The molecule has 1 fully saturated rings. The van der Waals surface area contributed by atoms with E-state index in [1.165, 1.54) is 5.56 Å². The fourth-order valence-corrected chi connectivity index (χ4v) is 3.91. The number of hydrogen-bond acceptors (Lipinski definition) is 4. The fourth-order valence-electron chi connectivity index (χ4n) is 2.94. The number of halogens is 1. The second-order valence-corrected chi connectivity index (χ2v) is 9.94. The number of piperidine rings is 1. The Morgan fingerprint density at radius 3 is 2.50 bits per heavy atom. The molecule has 146 valence electrons. The number of aliphatic imine (C=N–C) groups is 1. The van der Waals surface area contributed by atoms with Crippen LogP contribution in [-0.4, -0.2) is 63.5 Å². The van der Waals surface area contributed by atoms with Crippen LogP contribution in [0, 0.1) is 0 Å². The molecule has 1 aromatic rings. The Morgan fingerprint density at radius 2 is 1.92 bits per heavy atom. The van der Waals surface area contributed by atoms with E-state index in [9.17, 15) is 8.42 Å². The molecule has 0 aliphatic carbocycles. The Hall–Kier alpha value is -1.12. The summed E-state index contributed by atoms with van der Waals surface area (Å²) in [4.78, 5) is 6.67. The molecule has 0 radical (unpaired) electrons. The van der Waals surface area contributed by atoms with Crippen LogP contribution in [0.25, 0.3) is 0 Å². The molecule has 2 rings (SSSR count). The number of sulfone groups is 1. The highest BCUT2D eigenvalue weighted by molar-refractivity contribution is 9.10. The van der Waals surface area contributed by atoms with Crippen LogP contribution >= 0.6 is 15.9 Å². The zero-order valence-corrected chi connectivity index (χ0v) is 17.9. The fraction of sp³-hybridized carbons (Fsp3) is 0.611. The van der Waals surface area contributed by atoms with Gasteiger partial charge in [0, 0.05) is 49.5 Å². The molecule has 2 N–H and O–H groups in total. The predicted octanol–water partition coefficient (Wildman–Crippen LogP) is 2.01. The van der Waals surface area contributed by atoms with Crippen LogP contribution in [0.3, 0.4) is 0 Å². The van der Waals surface area contributed by atoms with Crippen LogP contribution in [0.4, 0.5) is 0 Å². The van der Waals surface area contributed by atoms with Gasteiger partial charge in [-0.25, -0.2) is 8.42 Å². The van der Waals surface area contributed by atoms with Crippen LogP contribution in [0.1, 0.15) is 25.3 Å². The molecule has 0 aromatic heterocycles. The van der Waals surface area contributed by atoms with E-state index in [0.717, 1.165) is 36.9 Å². The van der Waals surface area contributed by atoms with Gasteiger partial charge in [0.05, 0.1) is 5.75 Å². The summed E-state index contributed by atoms with van der Waals surface area (Å²) in [6, 6.07) is 8.84. The summed E-state index contributed by atoms with van der Waals surface area (Å²) < 4.78 is 24.2. The first-order valence-corrected chi connectivity index (χ1v) is 11.7. The average molecular weight is 445 g/mol. The van der Waals surface area contributed by atoms with Crippen molar-refractivity contribution in [1.82, 2.24) is 15.5 Å². The zero-order chi connectivity index (χ0) is 19.0. The van der Waals surface area contributed by atoms with Crippen molar-refractivity contribution in [3.8, 4) is 0 Å². The van der Waals surface area contributed by atoms with Gasteiger partial charge < -0.3 is 10.6 Å². The number of likely N-dealkylation sites (tertiary alicyclic amines) is 1. The Morgan fingerprint density at radius 1 is 1.27 bits per heavy atom. The van der Waals surface area contributed by atoms with Crippen LogP contribution in [0.2, 0.25) is 0 Å². The lowest BCUT2D eigenvalue weighted by molar-refractivity contribution is 0.198. The molecule has 0 bridgehead atoms. The number of guanidine groups is 1. The zero-order valence-electron chi connectivity index (χ0n) is 15.5. The third-order valence-electron chi connectivity index (χ3n) is 4.62. The molecule has 1 aromatic carbocycles. The van der Waals surface area contributed by atoms with Gasteiger partial charge in [-0.05, 0) is 30.5 Å². The second kappa shape index (κ2) is 10.3. The van der Waals surface area contributed by atoms with Gasteiger partial charge in [-0.15, -0.1) is 0 Å². The summed E-state index contributed by atoms with van der Waals surface area (Å²) in [5, 5.41) is 6.52. The first-order chi connectivity index (χ1) is 12.4. The number of hydrogen-bond donors (Lipinski definition) is 2. The van der Waals surface area contributed by atoms with Crippen LogP contribution in [0.5, 0.6) is 0 Å². The average Bonchev–Trinajstić information content (AvgIpc) is 2.64. The predicted molar refractivity (Wildman–Crippen MR) is 111 cm³/mol. The van der Waals surface area contributed by atoms with Crippen LogP contribution < -0.4 is 10.6 Å². The molecule has 1 heterocycles. The minimum Gasteiger partial charge on any atom is -0.355 e. The highest BCUT2D eigenvalue weighted by atomic mass is 79.9. The van der Waals surface area contributed by atoms with E-state index in [0.29, 0.717) is 18.5 Å². The normalized spacial score (nSPS) is 17.3. The van der Waals surface area contributed by atoms with Crippen molar-refractivity contribution >= 4 is 31.7 Å². The van der Waals surface area contributed by atoms with E-state index < -0.39 is 9.84 Å². The second-order valence-electron chi connectivity index (χ2n) is 6.56. The van der Waals surface area contributed by atoms with Crippen molar-refractivity contribution in [2.75, 3.05) is 38.2 Å². The van der Waals surface area contributed by atoms with Crippen molar-refractivity contribution < 1.29 is 8.42 Å². The minimum atomic E-state index is -2.95. The molecule has 26 heavy (non-hydrogen) atoms. The van der Waals surface area contributed by atoms with E-state index in [1.807, 2.05) is 0 Å². The summed E-state index contributed by atoms with van der Waals surface area (Å²) in [5.41, 5.74) is 1.33. The van der Waals surface area contributed by atoms with E-state index >= 15 is 0 Å². The highest BCUT2D eigenvalue weighted by Crippen LogP contribution is 2.16. The molecule has 1 saturated heterocycles. The Bertz CT molecular complexity index is 684. The summed E-state index contributed by atoms with van der Waals surface area (Å²) >= 11 is 3.47. The molecule has 1 aliphatic rings. The first-order valence-electron chi connectivity index (χ1n) is 9.06. The van der Waals surface area contributed by atoms with Gasteiger partial charge in [0.25, 0.3) is 0 Å². The maximum Gasteiger partial charge on any atom is 0.191 e. The van der Waals surface area contributed by atoms with Crippen LogP contribution in [0.15, 0.2) is 33.7 Å². The van der Waals surface area contributed by atoms with E-state index in [-0.39, 0.29) is 11.5 Å². The monoisotopic (exact) mass is 444 g/mol. The van der Waals surface area contributed by atoms with Gasteiger partial charge in [-0.2, -0.15) is 0 Å². The van der Waals surface area contributed by atoms with Gasteiger partial charge in [0.2, 0.25) is 0 Å². The lowest BCUT2D eigenvalue weighted by atomic mass is 10.0. The van der Waals surface area contributed by atoms with Gasteiger partial charge in [0.15, 0.2) is 15.8 Å². The summed E-state index contributed by atoms with van der Waals surface area (Å²) in [6.45, 7) is 5.11. The largest absolute Gasteiger partial charge is 0.355 e. The summed E-state index contributed by atoms with van der Waals surface area (Å²) in [6.07, 6.45) is 2.09. The van der Waals surface area contributed by atoms with Gasteiger partial charge in [-0.3, -0.25) is 9.89 Å². The van der Waals surface area contributed by atoms with Crippen LogP contribution in [-0.2, 0) is 16.4 Å². The quantitative estimate of drug-likeness (QED) is 0.496. The number of benzene rings is 1. The summed E-state index contributed by atoms with van der Waals surface area (Å²) in [5.74, 6) is 0.996. The molecule has 0 saturated carbocycles. The molecule has 8 heteroatoms. The molecule has 0 unspecified atom stereocenters.